The summed E-state index contributed by atoms with van der Waals surface area (Å²) in [6.45, 7) is 7.32. The number of rotatable bonds is 3. The molecule has 7 nitrogen and oxygen atoms in total. The van der Waals surface area contributed by atoms with Gasteiger partial charge in [-0.1, -0.05) is 13.8 Å². The van der Waals surface area contributed by atoms with E-state index in [2.05, 4.69) is 9.97 Å². The summed E-state index contributed by atoms with van der Waals surface area (Å²) in [7, 11) is 0. The van der Waals surface area contributed by atoms with E-state index in [9.17, 15) is 14.0 Å². The highest BCUT2D eigenvalue weighted by atomic mass is 19.1. The minimum atomic E-state index is -0.645. The van der Waals surface area contributed by atoms with Crippen molar-refractivity contribution in [3.63, 3.8) is 0 Å². The lowest BCUT2D eigenvalue weighted by molar-refractivity contribution is 0.0438. The minimum absolute atomic E-state index is 0.0930. The smallest absolute Gasteiger partial charge is 0.415 e. The van der Waals surface area contributed by atoms with Crippen LogP contribution >= 0.6 is 0 Å². The zero-order valence-electron chi connectivity index (χ0n) is 18.1. The van der Waals surface area contributed by atoms with Crippen molar-refractivity contribution in [2.75, 3.05) is 24.5 Å². The number of likely N-dealkylation sites (tertiary alicyclic amines) is 1. The molecule has 31 heavy (non-hydrogen) atoms. The molecule has 4 rings (SSSR count). The number of hydrogen-bond donors (Lipinski definition) is 0. The first kappa shape index (κ1) is 21.2. The summed E-state index contributed by atoms with van der Waals surface area (Å²) in [6.07, 6.45) is 3.13. The molecule has 2 amide bonds. The molecule has 0 bridgehead atoms. The summed E-state index contributed by atoms with van der Waals surface area (Å²) in [4.78, 5) is 37.8. The molecule has 2 aliphatic rings. The number of ether oxygens (including phenoxy) is 1. The molecule has 2 aliphatic heterocycles. The molecule has 2 aromatic rings. The Kier molecular flexibility index (Phi) is 5.64. The van der Waals surface area contributed by atoms with Crippen molar-refractivity contribution in [2.24, 2.45) is 0 Å². The summed E-state index contributed by atoms with van der Waals surface area (Å²) < 4.78 is 19.0. The monoisotopic (exact) mass is 426 g/mol. The number of halogens is 1. The Labute approximate surface area is 181 Å². The molecule has 1 aromatic carbocycles. The van der Waals surface area contributed by atoms with Crippen molar-refractivity contribution < 1.29 is 18.7 Å². The van der Waals surface area contributed by atoms with Gasteiger partial charge in [-0.25, -0.2) is 19.2 Å². The lowest BCUT2D eigenvalue weighted by Gasteiger charge is -2.25. The van der Waals surface area contributed by atoms with E-state index in [1.165, 1.54) is 12.1 Å². The molecule has 3 heterocycles. The molecule has 0 saturated carbocycles. The molecule has 0 radical (unpaired) electrons. The maximum Gasteiger partial charge on any atom is 0.415 e. The van der Waals surface area contributed by atoms with Crippen LogP contribution in [0.5, 0.6) is 0 Å². The zero-order valence-corrected chi connectivity index (χ0v) is 18.1. The molecule has 1 spiro atoms. The van der Waals surface area contributed by atoms with E-state index in [-0.39, 0.29) is 17.6 Å². The summed E-state index contributed by atoms with van der Waals surface area (Å²) in [5.41, 5.74) is 1.15. The van der Waals surface area contributed by atoms with Crippen LogP contribution in [0.1, 0.15) is 60.9 Å². The number of carbonyl (C=O) groups excluding carboxylic acids is 2. The maximum atomic E-state index is 13.2. The number of amides is 2. The average Bonchev–Trinajstić information content (AvgIpc) is 2.92. The summed E-state index contributed by atoms with van der Waals surface area (Å²) in [6, 6.07) is 5.81. The van der Waals surface area contributed by atoms with Crippen LogP contribution in [0.25, 0.3) is 0 Å². The third kappa shape index (κ3) is 4.24. The van der Waals surface area contributed by atoms with Gasteiger partial charge in [0.25, 0.3) is 5.91 Å². The van der Waals surface area contributed by atoms with Crippen LogP contribution < -0.4 is 4.90 Å². The zero-order chi connectivity index (χ0) is 22.2. The molecule has 0 aliphatic carbocycles. The van der Waals surface area contributed by atoms with Gasteiger partial charge in [0.15, 0.2) is 0 Å². The summed E-state index contributed by atoms with van der Waals surface area (Å²) in [5.74, 6) is 0.476. The Morgan fingerprint density at radius 1 is 1.19 bits per heavy atom. The van der Waals surface area contributed by atoms with Crippen LogP contribution in [-0.2, 0) is 4.74 Å². The van der Waals surface area contributed by atoms with Gasteiger partial charge in [-0.05, 0) is 44.0 Å². The fraction of sp³-hybridized carbons (Fsp3) is 0.478. The number of nitrogens with zero attached hydrogens (tertiary/aromatic N) is 4. The first-order chi connectivity index (χ1) is 14.8. The van der Waals surface area contributed by atoms with Crippen LogP contribution in [0.3, 0.4) is 0 Å². The first-order valence-electron chi connectivity index (χ1n) is 10.7. The summed E-state index contributed by atoms with van der Waals surface area (Å²) in [5, 5.41) is 0. The average molecular weight is 426 g/mol. The Bertz CT molecular complexity index is 995. The van der Waals surface area contributed by atoms with Crippen molar-refractivity contribution >= 4 is 17.7 Å². The fourth-order valence-corrected chi connectivity index (χ4v) is 4.22. The van der Waals surface area contributed by atoms with Gasteiger partial charge < -0.3 is 9.64 Å². The van der Waals surface area contributed by atoms with Gasteiger partial charge in [0.2, 0.25) is 0 Å². The van der Waals surface area contributed by atoms with E-state index in [1.807, 2.05) is 20.8 Å². The highest BCUT2D eigenvalue weighted by Crippen LogP contribution is 2.36. The predicted molar refractivity (Wildman–Crippen MR) is 114 cm³/mol. The molecule has 0 unspecified atom stereocenters. The number of benzene rings is 1. The number of anilines is 1. The van der Waals surface area contributed by atoms with Gasteiger partial charge in [0, 0.05) is 37.3 Å². The van der Waals surface area contributed by atoms with Crippen molar-refractivity contribution in [3.8, 4) is 0 Å². The molecular weight excluding hydrogens is 399 g/mol. The Morgan fingerprint density at radius 3 is 2.61 bits per heavy atom. The number of aromatic nitrogens is 2. The molecule has 1 aromatic heterocycles. The Balaban J connectivity index is 1.47. The highest BCUT2D eigenvalue weighted by molar-refractivity contribution is 5.95. The van der Waals surface area contributed by atoms with Crippen LogP contribution in [0, 0.1) is 12.7 Å². The Hall–Kier alpha value is -3.03. The molecule has 1 atom stereocenters. The van der Waals surface area contributed by atoms with Crippen LogP contribution in [0.15, 0.2) is 30.5 Å². The quantitative estimate of drug-likeness (QED) is 0.740. The third-order valence-corrected chi connectivity index (χ3v) is 6.04. The van der Waals surface area contributed by atoms with Gasteiger partial charge in [-0.15, -0.1) is 0 Å². The largest absolute Gasteiger partial charge is 0.441 e. The Morgan fingerprint density at radius 2 is 1.94 bits per heavy atom. The second kappa shape index (κ2) is 8.24. The van der Waals surface area contributed by atoms with Crippen LogP contribution in [0.4, 0.5) is 14.9 Å². The van der Waals surface area contributed by atoms with Crippen LogP contribution in [0.2, 0.25) is 0 Å². The number of aryl methyl sites for hydroxylation is 1. The lowest BCUT2D eigenvalue weighted by Crippen LogP contribution is -2.37. The van der Waals surface area contributed by atoms with E-state index >= 15 is 0 Å². The fourth-order valence-electron chi connectivity index (χ4n) is 4.22. The van der Waals surface area contributed by atoms with Crippen molar-refractivity contribution in [2.45, 2.75) is 51.6 Å². The maximum absolute atomic E-state index is 13.2. The topological polar surface area (TPSA) is 75.6 Å². The minimum Gasteiger partial charge on any atom is -0.441 e. The second-order valence-corrected chi connectivity index (χ2v) is 8.64. The molecule has 0 N–H and O–H groups in total. The summed E-state index contributed by atoms with van der Waals surface area (Å²) >= 11 is 0. The van der Waals surface area contributed by atoms with Gasteiger partial charge in [-0.3, -0.25) is 9.69 Å². The normalized spacial score (nSPS) is 21.5. The van der Waals surface area contributed by atoms with E-state index in [0.717, 1.165) is 12.2 Å². The predicted octanol–water partition coefficient (Wildman–Crippen LogP) is 4.07. The molecular formula is C23H27FN4O3. The van der Waals surface area contributed by atoms with Crippen molar-refractivity contribution in [1.82, 2.24) is 14.9 Å². The highest BCUT2D eigenvalue weighted by Gasteiger charge is 2.46. The third-order valence-electron chi connectivity index (χ3n) is 6.04. The van der Waals surface area contributed by atoms with Crippen LogP contribution in [-0.4, -0.2) is 52.1 Å². The number of carbonyl (C=O) groups is 2. The van der Waals surface area contributed by atoms with Crippen molar-refractivity contribution in [1.29, 1.82) is 0 Å². The van der Waals surface area contributed by atoms with Gasteiger partial charge in [0.1, 0.15) is 17.2 Å². The molecule has 164 valence electrons. The van der Waals surface area contributed by atoms with E-state index in [1.54, 1.807) is 28.1 Å². The molecule has 8 heteroatoms. The van der Waals surface area contributed by atoms with Gasteiger partial charge in [-0.2, -0.15) is 0 Å². The van der Waals surface area contributed by atoms with Crippen molar-refractivity contribution in [3.05, 3.63) is 53.4 Å². The van der Waals surface area contributed by atoms with E-state index < -0.39 is 11.7 Å². The van der Waals surface area contributed by atoms with Gasteiger partial charge in [0.05, 0.1) is 17.8 Å². The molecule has 2 fully saturated rings. The van der Waals surface area contributed by atoms with Gasteiger partial charge >= 0.3 is 6.09 Å². The lowest BCUT2D eigenvalue weighted by atomic mass is 9.95. The van der Waals surface area contributed by atoms with E-state index in [4.69, 9.17) is 4.74 Å². The molecule has 2 saturated heterocycles. The number of hydrogen-bond acceptors (Lipinski definition) is 5. The van der Waals surface area contributed by atoms with E-state index in [0.29, 0.717) is 49.4 Å². The second-order valence-electron chi connectivity index (χ2n) is 8.64. The standard InChI is InChI=1S/C23H27FN4O3/c1-15(2)20-25-13-19(16(3)26-20)21(29)27-11-4-9-23(10-12-27)14-28(22(30)31-23)18-7-5-17(24)6-8-18/h5-8,13,15H,4,9-12,14H2,1-3H3/t23-/m1/s1. The first-order valence-corrected chi connectivity index (χ1v) is 10.7. The SMILES string of the molecule is Cc1nc(C(C)C)ncc1C(=O)N1CCC[C@@]2(CC1)CN(c1ccc(F)cc1)C(=O)O2.